The molecule has 1 saturated heterocycles. The standard InChI is InChI=1S/C26H22N4O5/c1-15(31)30-22-5-3-2-4-18(22)24(32)23(30)14-17-13-20(25(27)33)19-12-16(6-7-21(19)28-17)26(34)29-8-10-35-11-9-29/h2-7,12-14H,8-11H2,1H3,(H2,27,33)/b23-14+. The number of nitrogens with two attached hydrogens (primary N) is 1. The van der Waals surface area contributed by atoms with E-state index in [2.05, 4.69) is 4.98 Å². The molecule has 0 bridgehead atoms. The molecule has 9 heteroatoms. The summed E-state index contributed by atoms with van der Waals surface area (Å²) in [5.74, 6) is -1.50. The predicted octanol–water partition coefficient (Wildman–Crippen LogP) is 2.40. The highest BCUT2D eigenvalue weighted by Gasteiger charge is 2.34. The van der Waals surface area contributed by atoms with Crippen molar-refractivity contribution in [3.8, 4) is 0 Å². The van der Waals surface area contributed by atoms with Crippen LogP contribution >= 0.6 is 0 Å². The maximum absolute atomic E-state index is 13.0. The number of aromatic nitrogens is 1. The van der Waals surface area contributed by atoms with Gasteiger partial charge in [-0.2, -0.15) is 0 Å². The van der Waals surface area contributed by atoms with Crippen molar-refractivity contribution in [2.24, 2.45) is 5.73 Å². The number of amides is 3. The fraction of sp³-hybridized carbons (Fsp3) is 0.192. The number of rotatable bonds is 3. The first-order chi connectivity index (χ1) is 16.8. The van der Waals surface area contributed by atoms with Gasteiger partial charge in [0.2, 0.25) is 17.6 Å². The van der Waals surface area contributed by atoms with E-state index in [1.54, 1.807) is 47.4 Å². The van der Waals surface area contributed by atoms with Crippen LogP contribution in [0.2, 0.25) is 0 Å². The summed E-state index contributed by atoms with van der Waals surface area (Å²) < 4.78 is 5.31. The molecule has 0 aliphatic carbocycles. The summed E-state index contributed by atoms with van der Waals surface area (Å²) in [6.45, 7) is 3.32. The van der Waals surface area contributed by atoms with E-state index in [0.29, 0.717) is 59.7 Å². The van der Waals surface area contributed by atoms with Gasteiger partial charge in [0.15, 0.2) is 0 Å². The van der Waals surface area contributed by atoms with E-state index in [1.165, 1.54) is 24.0 Å². The molecule has 1 fully saturated rings. The van der Waals surface area contributed by atoms with E-state index in [4.69, 9.17) is 10.5 Å². The molecule has 35 heavy (non-hydrogen) atoms. The van der Waals surface area contributed by atoms with Gasteiger partial charge in [-0.1, -0.05) is 12.1 Å². The molecule has 2 aliphatic rings. The summed E-state index contributed by atoms with van der Waals surface area (Å²) in [6.07, 6.45) is 1.47. The Labute approximate surface area is 200 Å². The molecule has 2 N–H and O–H groups in total. The Morgan fingerprint density at radius 3 is 2.51 bits per heavy atom. The lowest BCUT2D eigenvalue weighted by molar-refractivity contribution is -0.116. The van der Waals surface area contributed by atoms with Gasteiger partial charge in [0, 0.05) is 36.5 Å². The van der Waals surface area contributed by atoms with Crippen LogP contribution in [0, 0.1) is 0 Å². The van der Waals surface area contributed by atoms with Crippen LogP contribution in [0.3, 0.4) is 0 Å². The summed E-state index contributed by atoms with van der Waals surface area (Å²) in [4.78, 5) is 58.2. The number of hydrogen-bond acceptors (Lipinski definition) is 6. The van der Waals surface area contributed by atoms with Crippen molar-refractivity contribution in [1.29, 1.82) is 0 Å². The molecule has 0 atom stereocenters. The van der Waals surface area contributed by atoms with Gasteiger partial charge in [-0.3, -0.25) is 24.1 Å². The summed E-state index contributed by atoms with van der Waals surface area (Å²) in [6, 6.07) is 13.2. The number of nitrogens with zero attached hydrogens (tertiary/aromatic N) is 3. The van der Waals surface area contributed by atoms with E-state index in [0.717, 1.165) is 0 Å². The van der Waals surface area contributed by atoms with Crippen LogP contribution in [0.5, 0.6) is 0 Å². The lowest BCUT2D eigenvalue weighted by Gasteiger charge is -2.27. The maximum atomic E-state index is 13.0. The second kappa shape index (κ2) is 8.77. The summed E-state index contributed by atoms with van der Waals surface area (Å²) in [7, 11) is 0. The normalized spacial score (nSPS) is 16.6. The van der Waals surface area contributed by atoms with E-state index in [1.807, 2.05) is 0 Å². The topological polar surface area (TPSA) is 123 Å². The molecular weight excluding hydrogens is 448 g/mol. The van der Waals surface area contributed by atoms with Gasteiger partial charge in [-0.25, -0.2) is 4.98 Å². The number of ether oxygens (including phenoxy) is 1. The average molecular weight is 470 g/mol. The van der Waals surface area contributed by atoms with Crippen molar-refractivity contribution in [2.45, 2.75) is 6.92 Å². The monoisotopic (exact) mass is 470 g/mol. The Morgan fingerprint density at radius 2 is 1.80 bits per heavy atom. The average Bonchev–Trinajstić information content (AvgIpc) is 3.14. The van der Waals surface area contributed by atoms with Crippen LogP contribution in [0.15, 0.2) is 54.2 Å². The molecule has 3 heterocycles. The highest BCUT2D eigenvalue weighted by molar-refractivity contribution is 6.26. The van der Waals surface area contributed by atoms with Gasteiger partial charge >= 0.3 is 0 Å². The quantitative estimate of drug-likeness (QED) is 0.587. The number of carbonyl (C=O) groups is 4. The van der Waals surface area contributed by atoms with Gasteiger partial charge in [0.25, 0.3) is 5.91 Å². The van der Waals surface area contributed by atoms with Crippen LogP contribution in [0.4, 0.5) is 5.69 Å². The summed E-state index contributed by atoms with van der Waals surface area (Å²) in [5.41, 5.74) is 8.02. The number of benzene rings is 2. The molecule has 0 spiro atoms. The van der Waals surface area contributed by atoms with Crippen LogP contribution in [-0.4, -0.2) is 59.7 Å². The number of primary amides is 1. The molecule has 9 nitrogen and oxygen atoms in total. The molecular formula is C26H22N4O5. The largest absolute Gasteiger partial charge is 0.378 e. The van der Waals surface area contributed by atoms with E-state index >= 15 is 0 Å². The number of para-hydroxylation sites is 1. The van der Waals surface area contributed by atoms with E-state index in [9.17, 15) is 19.2 Å². The minimum Gasteiger partial charge on any atom is -0.378 e. The van der Waals surface area contributed by atoms with Gasteiger partial charge in [-0.15, -0.1) is 0 Å². The number of morpholine rings is 1. The summed E-state index contributed by atoms with van der Waals surface area (Å²) >= 11 is 0. The first-order valence-electron chi connectivity index (χ1n) is 11.1. The first-order valence-corrected chi connectivity index (χ1v) is 11.1. The van der Waals surface area contributed by atoms with Crippen LogP contribution in [-0.2, 0) is 9.53 Å². The number of carbonyl (C=O) groups excluding carboxylic acids is 4. The number of ketones is 1. The number of anilines is 1. The SMILES string of the molecule is CC(=O)N1/C(=C/c2cc(C(N)=O)c3cc(C(=O)N4CCOCC4)ccc3n2)C(=O)c2ccccc21. The number of fused-ring (bicyclic) bond motifs is 2. The fourth-order valence-electron chi connectivity index (χ4n) is 4.45. The van der Waals surface area contributed by atoms with Gasteiger partial charge in [-0.05, 0) is 42.5 Å². The molecule has 0 unspecified atom stereocenters. The smallest absolute Gasteiger partial charge is 0.254 e. The minimum atomic E-state index is -0.697. The Balaban J connectivity index is 1.59. The predicted molar refractivity (Wildman–Crippen MR) is 129 cm³/mol. The molecule has 3 aromatic rings. The minimum absolute atomic E-state index is 0.139. The molecule has 5 rings (SSSR count). The van der Waals surface area contributed by atoms with Crippen molar-refractivity contribution < 1.29 is 23.9 Å². The van der Waals surface area contributed by atoms with Crippen LogP contribution in [0.25, 0.3) is 17.0 Å². The highest BCUT2D eigenvalue weighted by Crippen LogP contribution is 2.35. The molecule has 2 aromatic carbocycles. The zero-order valence-electron chi connectivity index (χ0n) is 19.0. The second-order valence-electron chi connectivity index (χ2n) is 8.33. The van der Waals surface area contributed by atoms with Crippen molar-refractivity contribution in [3.05, 3.63) is 76.6 Å². The van der Waals surface area contributed by atoms with Crippen molar-refractivity contribution >= 4 is 46.2 Å². The van der Waals surface area contributed by atoms with Gasteiger partial charge < -0.3 is 15.4 Å². The molecule has 0 saturated carbocycles. The third-order valence-corrected chi connectivity index (χ3v) is 6.10. The van der Waals surface area contributed by atoms with E-state index in [-0.39, 0.29) is 28.9 Å². The third-order valence-electron chi connectivity index (χ3n) is 6.10. The fourth-order valence-corrected chi connectivity index (χ4v) is 4.45. The summed E-state index contributed by atoms with van der Waals surface area (Å²) in [5, 5.41) is 0.434. The zero-order chi connectivity index (χ0) is 24.7. The first kappa shape index (κ1) is 22.4. The lowest BCUT2D eigenvalue weighted by atomic mass is 10.0. The third kappa shape index (κ3) is 3.95. The Morgan fingerprint density at radius 1 is 1.06 bits per heavy atom. The van der Waals surface area contributed by atoms with E-state index < -0.39 is 5.91 Å². The van der Waals surface area contributed by atoms with Crippen molar-refractivity contribution in [2.75, 3.05) is 31.2 Å². The molecule has 176 valence electrons. The number of allylic oxidation sites excluding steroid dienone is 1. The second-order valence-corrected chi connectivity index (χ2v) is 8.33. The van der Waals surface area contributed by atoms with Crippen LogP contribution < -0.4 is 10.6 Å². The Hall–Kier alpha value is -4.37. The van der Waals surface area contributed by atoms with Crippen molar-refractivity contribution in [1.82, 2.24) is 9.88 Å². The molecule has 0 radical (unpaired) electrons. The number of Topliss-reactive ketones (excluding diaryl/α,β-unsaturated/α-hetero) is 1. The molecule has 2 aliphatic heterocycles. The van der Waals surface area contributed by atoms with Gasteiger partial charge in [0.1, 0.15) is 0 Å². The van der Waals surface area contributed by atoms with Gasteiger partial charge in [0.05, 0.1) is 41.4 Å². The maximum Gasteiger partial charge on any atom is 0.254 e. The zero-order valence-corrected chi connectivity index (χ0v) is 19.0. The molecule has 3 amide bonds. The Kier molecular flexibility index (Phi) is 5.62. The van der Waals surface area contributed by atoms with Crippen LogP contribution in [0.1, 0.15) is 43.7 Å². The number of pyridine rings is 1. The van der Waals surface area contributed by atoms with Crippen molar-refractivity contribution in [3.63, 3.8) is 0 Å². The highest BCUT2D eigenvalue weighted by atomic mass is 16.5. The molecule has 1 aromatic heterocycles. The number of hydrogen-bond donors (Lipinski definition) is 1. The Bertz CT molecular complexity index is 1440. The lowest BCUT2D eigenvalue weighted by Crippen LogP contribution is -2.40.